The molecule has 0 aliphatic carbocycles. The molecule has 2 N–H and O–H groups in total. The van der Waals surface area contributed by atoms with Crippen LogP contribution < -0.4 is 5.73 Å². The van der Waals surface area contributed by atoms with Crippen molar-refractivity contribution in [1.82, 2.24) is 4.90 Å². The van der Waals surface area contributed by atoms with E-state index in [-0.39, 0.29) is 12.7 Å². The average Bonchev–Trinajstić information content (AvgIpc) is 2.53. The summed E-state index contributed by atoms with van der Waals surface area (Å²) in [5, 5.41) is 0. The van der Waals surface area contributed by atoms with Crippen molar-refractivity contribution >= 4 is 6.09 Å². The second-order valence-electron chi connectivity index (χ2n) is 4.92. The summed E-state index contributed by atoms with van der Waals surface area (Å²) in [5.41, 5.74) is 8.69. The smallest absolute Gasteiger partial charge is 0.410 e. The van der Waals surface area contributed by atoms with Crippen molar-refractivity contribution in [3.8, 4) is 0 Å². The zero-order chi connectivity index (χ0) is 15.1. The lowest BCUT2D eigenvalue weighted by atomic mass is 10.1. The Morgan fingerprint density at radius 1 is 1.05 bits per heavy atom. The number of carbonyl (C=O) groups is 1. The van der Waals surface area contributed by atoms with Gasteiger partial charge in [-0.05, 0) is 16.7 Å². The zero-order valence-electron chi connectivity index (χ0n) is 12.2. The molecule has 0 saturated heterocycles. The van der Waals surface area contributed by atoms with Crippen molar-refractivity contribution in [2.24, 2.45) is 5.73 Å². The van der Waals surface area contributed by atoms with Gasteiger partial charge < -0.3 is 15.4 Å². The molecule has 0 bridgehead atoms. The number of carbonyl (C=O) groups excluding carboxylic acids is 1. The maximum absolute atomic E-state index is 12.0. The third-order valence-corrected chi connectivity index (χ3v) is 3.16. The van der Waals surface area contributed by atoms with Crippen LogP contribution in [0.15, 0.2) is 54.6 Å². The molecule has 0 radical (unpaired) electrons. The highest BCUT2D eigenvalue weighted by molar-refractivity contribution is 5.67. The van der Waals surface area contributed by atoms with Crippen LogP contribution in [0.3, 0.4) is 0 Å². The minimum Gasteiger partial charge on any atom is -0.445 e. The van der Waals surface area contributed by atoms with Gasteiger partial charge in [0, 0.05) is 20.1 Å². The lowest BCUT2D eigenvalue weighted by Crippen LogP contribution is -2.26. The molecule has 110 valence electrons. The van der Waals surface area contributed by atoms with Gasteiger partial charge in [-0.2, -0.15) is 0 Å². The Morgan fingerprint density at radius 2 is 1.71 bits per heavy atom. The Bertz CT molecular complexity index is 584. The van der Waals surface area contributed by atoms with Crippen LogP contribution in [-0.4, -0.2) is 18.0 Å². The van der Waals surface area contributed by atoms with E-state index in [1.807, 2.05) is 54.6 Å². The SMILES string of the molecule is CN(Cc1cccc(CN)c1)C(=O)OCc1ccccc1. The Labute approximate surface area is 125 Å². The number of hydrogen-bond donors (Lipinski definition) is 1. The molecule has 0 aliphatic rings. The third kappa shape index (κ3) is 4.61. The number of nitrogens with zero attached hydrogens (tertiary/aromatic N) is 1. The average molecular weight is 284 g/mol. The fraction of sp³-hybridized carbons (Fsp3) is 0.235. The number of nitrogens with two attached hydrogens (primary N) is 1. The van der Waals surface area contributed by atoms with E-state index in [9.17, 15) is 4.79 Å². The van der Waals surface area contributed by atoms with Crippen molar-refractivity contribution in [2.45, 2.75) is 19.7 Å². The second-order valence-corrected chi connectivity index (χ2v) is 4.92. The predicted octanol–water partition coefficient (Wildman–Crippen LogP) is 2.91. The van der Waals surface area contributed by atoms with E-state index in [0.29, 0.717) is 13.1 Å². The van der Waals surface area contributed by atoms with Gasteiger partial charge in [-0.15, -0.1) is 0 Å². The van der Waals surface area contributed by atoms with Gasteiger partial charge in [-0.1, -0.05) is 54.6 Å². The molecule has 1 amide bonds. The van der Waals surface area contributed by atoms with Gasteiger partial charge in [0.15, 0.2) is 0 Å². The molecular formula is C17H20N2O2. The summed E-state index contributed by atoms with van der Waals surface area (Å²) in [6, 6.07) is 17.5. The Morgan fingerprint density at radius 3 is 2.43 bits per heavy atom. The van der Waals surface area contributed by atoms with Crippen LogP contribution >= 0.6 is 0 Å². The van der Waals surface area contributed by atoms with E-state index >= 15 is 0 Å². The maximum Gasteiger partial charge on any atom is 0.410 e. The van der Waals surface area contributed by atoms with Crippen molar-refractivity contribution in [3.63, 3.8) is 0 Å². The Hall–Kier alpha value is -2.33. The summed E-state index contributed by atoms with van der Waals surface area (Å²) in [4.78, 5) is 13.5. The van der Waals surface area contributed by atoms with Crippen LogP contribution in [0.5, 0.6) is 0 Å². The highest BCUT2D eigenvalue weighted by Gasteiger charge is 2.10. The predicted molar refractivity (Wildman–Crippen MR) is 82.4 cm³/mol. The molecule has 0 unspecified atom stereocenters. The molecule has 0 atom stereocenters. The van der Waals surface area contributed by atoms with Gasteiger partial charge in [0.2, 0.25) is 0 Å². The van der Waals surface area contributed by atoms with E-state index in [1.165, 1.54) is 0 Å². The summed E-state index contributed by atoms with van der Waals surface area (Å²) >= 11 is 0. The van der Waals surface area contributed by atoms with Crippen LogP contribution in [-0.2, 0) is 24.4 Å². The number of rotatable bonds is 5. The van der Waals surface area contributed by atoms with Crippen LogP contribution in [0.1, 0.15) is 16.7 Å². The number of ether oxygens (including phenoxy) is 1. The molecule has 2 rings (SSSR count). The standard InChI is InChI=1S/C17H20N2O2/c1-19(12-16-9-5-8-15(10-16)11-18)17(20)21-13-14-6-3-2-4-7-14/h2-10H,11-13,18H2,1H3. The normalized spacial score (nSPS) is 10.2. The molecule has 0 aromatic heterocycles. The topological polar surface area (TPSA) is 55.6 Å². The first kappa shape index (κ1) is 15.1. The molecule has 0 spiro atoms. The third-order valence-electron chi connectivity index (χ3n) is 3.16. The Kier molecular flexibility index (Phi) is 5.35. The maximum atomic E-state index is 12.0. The van der Waals surface area contributed by atoms with Crippen LogP contribution in [0.2, 0.25) is 0 Å². The van der Waals surface area contributed by atoms with Crippen molar-refractivity contribution in [2.75, 3.05) is 7.05 Å². The van der Waals surface area contributed by atoms with Gasteiger partial charge in [0.1, 0.15) is 6.61 Å². The van der Waals surface area contributed by atoms with Gasteiger partial charge >= 0.3 is 6.09 Å². The van der Waals surface area contributed by atoms with Crippen LogP contribution in [0.4, 0.5) is 4.79 Å². The number of amides is 1. The Balaban J connectivity index is 1.87. The molecular weight excluding hydrogens is 264 g/mol. The summed E-state index contributed by atoms with van der Waals surface area (Å²) in [6.07, 6.45) is -0.336. The van der Waals surface area contributed by atoms with Gasteiger partial charge in [-0.25, -0.2) is 4.79 Å². The summed E-state index contributed by atoms with van der Waals surface area (Å²) in [7, 11) is 1.72. The quantitative estimate of drug-likeness (QED) is 0.918. The monoisotopic (exact) mass is 284 g/mol. The van der Waals surface area contributed by atoms with E-state index in [2.05, 4.69) is 0 Å². The van der Waals surface area contributed by atoms with Crippen molar-refractivity contribution in [3.05, 3.63) is 71.3 Å². The van der Waals surface area contributed by atoms with E-state index in [0.717, 1.165) is 16.7 Å². The summed E-state index contributed by atoms with van der Waals surface area (Å²) in [5.74, 6) is 0. The minimum absolute atomic E-state index is 0.285. The van der Waals surface area contributed by atoms with E-state index < -0.39 is 0 Å². The van der Waals surface area contributed by atoms with Gasteiger partial charge in [-0.3, -0.25) is 0 Å². The van der Waals surface area contributed by atoms with Crippen LogP contribution in [0.25, 0.3) is 0 Å². The molecule has 0 heterocycles. The largest absolute Gasteiger partial charge is 0.445 e. The van der Waals surface area contributed by atoms with Gasteiger partial charge in [0.25, 0.3) is 0 Å². The molecule has 0 fully saturated rings. The van der Waals surface area contributed by atoms with Crippen molar-refractivity contribution in [1.29, 1.82) is 0 Å². The highest BCUT2D eigenvalue weighted by atomic mass is 16.6. The van der Waals surface area contributed by atoms with Gasteiger partial charge in [0.05, 0.1) is 0 Å². The molecule has 21 heavy (non-hydrogen) atoms. The van der Waals surface area contributed by atoms with Crippen LogP contribution in [0, 0.1) is 0 Å². The van der Waals surface area contributed by atoms with E-state index in [1.54, 1.807) is 11.9 Å². The number of hydrogen-bond acceptors (Lipinski definition) is 3. The fourth-order valence-corrected chi connectivity index (χ4v) is 2.02. The summed E-state index contributed by atoms with van der Waals surface area (Å²) in [6.45, 7) is 1.28. The highest BCUT2D eigenvalue weighted by Crippen LogP contribution is 2.09. The summed E-state index contributed by atoms with van der Waals surface area (Å²) < 4.78 is 5.28. The minimum atomic E-state index is -0.336. The first-order valence-electron chi connectivity index (χ1n) is 6.88. The molecule has 4 nitrogen and oxygen atoms in total. The second kappa shape index (κ2) is 7.45. The zero-order valence-corrected chi connectivity index (χ0v) is 12.2. The lowest BCUT2D eigenvalue weighted by molar-refractivity contribution is 0.103. The molecule has 2 aromatic rings. The molecule has 0 aliphatic heterocycles. The van der Waals surface area contributed by atoms with E-state index in [4.69, 9.17) is 10.5 Å². The molecule has 2 aromatic carbocycles. The molecule has 0 saturated carbocycles. The lowest BCUT2D eigenvalue weighted by Gasteiger charge is -2.17. The number of benzene rings is 2. The first-order valence-corrected chi connectivity index (χ1v) is 6.88. The van der Waals surface area contributed by atoms with Crippen molar-refractivity contribution < 1.29 is 9.53 Å². The fourth-order valence-electron chi connectivity index (χ4n) is 2.02. The molecule has 4 heteroatoms. The first-order chi connectivity index (χ1) is 10.2.